The summed E-state index contributed by atoms with van der Waals surface area (Å²) < 4.78 is 56.7. The lowest BCUT2D eigenvalue weighted by molar-refractivity contribution is -0.138. The lowest BCUT2D eigenvalue weighted by atomic mass is 10.0. The predicted octanol–water partition coefficient (Wildman–Crippen LogP) is 6.45. The minimum atomic E-state index is -4.57. The number of rotatable bonds is 11. The van der Waals surface area contributed by atoms with E-state index in [1.165, 1.54) is 0 Å². The molecule has 0 unspecified atom stereocenters. The summed E-state index contributed by atoms with van der Waals surface area (Å²) in [5, 5.41) is 8.84. The van der Waals surface area contributed by atoms with E-state index in [1.54, 1.807) is 43.3 Å². The largest absolute Gasteiger partial charge is 0.493 e. The maximum atomic E-state index is 13.2. The number of carboxylic acids is 1. The molecule has 9 heteroatoms. The Labute approximate surface area is 201 Å². The number of benzene rings is 2. The number of para-hydroxylation sites is 1. The van der Waals surface area contributed by atoms with E-state index in [0.717, 1.165) is 17.2 Å². The van der Waals surface area contributed by atoms with Gasteiger partial charge in [0.05, 0.1) is 12.2 Å². The van der Waals surface area contributed by atoms with Crippen LogP contribution in [0.25, 0.3) is 0 Å². The molecule has 35 heavy (non-hydrogen) atoms. The number of alkyl halides is 3. The number of aliphatic carboxylic acids is 1. The summed E-state index contributed by atoms with van der Waals surface area (Å²) in [6.45, 7) is 3.94. The second-order valence-electron chi connectivity index (χ2n) is 7.99. The molecule has 0 spiro atoms. The summed E-state index contributed by atoms with van der Waals surface area (Å²) in [5.41, 5.74) is 0.939. The smallest absolute Gasteiger partial charge is 0.418 e. The summed E-state index contributed by atoms with van der Waals surface area (Å²) in [7, 11) is 0. The Kier molecular flexibility index (Phi) is 8.57. The highest BCUT2D eigenvalue weighted by Gasteiger charge is 2.32. The first-order valence-corrected chi connectivity index (χ1v) is 11.0. The minimum Gasteiger partial charge on any atom is -0.493 e. The van der Waals surface area contributed by atoms with Crippen molar-refractivity contribution in [2.75, 3.05) is 6.61 Å². The molecule has 0 aliphatic rings. The molecule has 6 nitrogen and oxygen atoms in total. The Morgan fingerprint density at radius 2 is 1.83 bits per heavy atom. The Hall–Kier alpha value is -3.75. The first-order valence-electron chi connectivity index (χ1n) is 11.0. The summed E-state index contributed by atoms with van der Waals surface area (Å²) >= 11 is 0. The van der Waals surface area contributed by atoms with Crippen LogP contribution in [0.2, 0.25) is 0 Å². The highest BCUT2D eigenvalue weighted by Crippen LogP contribution is 2.37. The van der Waals surface area contributed by atoms with Crippen molar-refractivity contribution in [3.8, 4) is 23.1 Å². The van der Waals surface area contributed by atoms with Gasteiger partial charge in [0.1, 0.15) is 17.6 Å². The molecule has 0 bridgehead atoms. The van der Waals surface area contributed by atoms with Crippen LogP contribution in [0, 0.1) is 6.92 Å². The average Bonchev–Trinajstić information content (AvgIpc) is 2.79. The zero-order valence-electron chi connectivity index (χ0n) is 19.3. The quantitative estimate of drug-likeness (QED) is 0.333. The second-order valence-corrected chi connectivity index (χ2v) is 7.99. The molecular formula is C26H26F3NO5. The van der Waals surface area contributed by atoms with Gasteiger partial charge in [-0.1, -0.05) is 24.3 Å². The van der Waals surface area contributed by atoms with Crippen molar-refractivity contribution in [2.45, 2.75) is 45.4 Å². The van der Waals surface area contributed by atoms with Crippen LogP contribution in [0.4, 0.5) is 13.2 Å². The number of aromatic nitrogens is 1. The van der Waals surface area contributed by atoms with Crippen molar-refractivity contribution >= 4 is 5.97 Å². The fraction of sp³-hybridized carbons (Fsp3) is 0.308. The number of carbonyl (C=O) groups is 1. The molecule has 1 aromatic heterocycles. The lowest BCUT2D eigenvalue weighted by Crippen LogP contribution is -2.17. The van der Waals surface area contributed by atoms with Gasteiger partial charge in [-0.3, -0.25) is 4.79 Å². The first kappa shape index (κ1) is 25.9. The summed E-state index contributed by atoms with van der Waals surface area (Å²) in [4.78, 5) is 14.6. The number of carboxylic acid groups (broad SMARTS) is 1. The van der Waals surface area contributed by atoms with Crippen LogP contribution in [0.3, 0.4) is 0 Å². The number of nitrogens with zero attached hydrogens (tertiary/aromatic N) is 1. The van der Waals surface area contributed by atoms with Crippen LogP contribution in [0.15, 0.2) is 60.8 Å². The Bertz CT molecular complexity index is 1140. The molecule has 0 aliphatic carbocycles. The molecule has 0 aliphatic heterocycles. The van der Waals surface area contributed by atoms with Gasteiger partial charge in [0.25, 0.3) is 5.88 Å². The highest BCUT2D eigenvalue weighted by atomic mass is 19.4. The zero-order valence-corrected chi connectivity index (χ0v) is 19.3. The van der Waals surface area contributed by atoms with E-state index in [0.29, 0.717) is 37.1 Å². The molecule has 0 saturated carbocycles. The van der Waals surface area contributed by atoms with Crippen LogP contribution < -0.4 is 14.2 Å². The number of hydrogen-bond acceptors (Lipinski definition) is 5. The van der Waals surface area contributed by atoms with Gasteiger partial charge in [0.2, 0.25) is 0 Å². The third-order valence-corrected chi connectivity index (χ3v) is 5.14. The fourth-order valence-corrected chi connectivity index (χ4v) is 3.24. The van der Waals surface area contributed by atoms with E-state index >= 15 is 0 Å². The topological polar surface area (TPSA) is 77.9 Å². The number of pyridine rings is 1. The number of halogens is 3. The molecule has 1 atom stereocenters. The molecule has 0 saturated heterocycles. The monoisotopic (exact) mass is 489 g/mol. The standard InChI is InChI=1S/C26H26F3NO5/c1-17-14-22(10-8-19(17)9-11-24(31)32)33-13-12-18(2)34-25-23(35-21-6-4-3-5-7-21)15-20(16-30-25)26(27,28)29/h3-8,10,14-16,18H,9,11-13H2,1-2H3,(H,31,32)/t18-/m0/s1. The van der Waals surface area contributed by atoms with Gasteiger partial charge < -0.3 is 19.3 Å². The minimum absolute atomic E-state index is 0.0482. The van der Waals surface area contributed by atoms with Crippen molar-refractivity contribution in [1.82, 2.24) is 4.98 Å². The maximum Gasteiger partial charge on any atom is 0.418 e. The van der Waals surface area contributed by atoms with E-state index in [-0.39, 0.29) is 18.1 Å². The van der Waals surface area contributed by atoms with E-state index in [4.69, 9.17) is 19.3 Å². The van der Waals surface area contributed by atoms with E-state index in [1.807, 2.05) is 19.1 Å². The van der Waals surface area contributed by atoms with Crippen molar-refractivity contribution in [1.29, 1.82) is 0 Å². The molecule has 1 heterocycles. The third kappa shape index (κ3) is 7.91. The predicted molar refractivity (Wildman–Crippen MR) is 123 cm³/mol. The van der Waals surface area contributed by atoms with Gasteiger partial charge in [-0.2, -0.15) is 13.2 Å². The van der Waals surface area contributed by atoms with Gasteiger partial charge in [0.15, 0.2) is 5.75 Å². The van der Waals surface area contributed by atoms with Crippen molar-refractivity contribution in [2.24, 2.45) is 0 Å². The van der Waals surface area contributed by atoms with Gasteiger partial charge in [-0.25, -0.2) is 4.98 Å². The molecule has 3 aromatic rings. The highest BCUT2D eigenvalue weighted by molar-refractivity contribution is 5.67. The number of aryl methyl sites for hydroxylation is 2. The molecule has 1 N–H and O–H groups in total. The zero-order chi connectivity index (χ0) is 25.4. The lowest BCUT2D eigenvalue weighted by Gasteiger charge is -2.18. The molecule has 2 aromatic carbocycles. The summed E-state index contributed by atoms with van der Waals surface area (Å²) in [5.74, 6) is -0.0379. The molecule has 0 fully saturated rings. The van der Waals surface area contributed by atoms with Crippen molar-refractivity contribution in [3.05, 3.63) is 77.5 Å². The van der Waals surface area contributed by atoms with Crippen LogP contribution in [-0.2, 0) is 17.4 Å². The van der Waals surface area contributed by atoms with Crippen molar-refractivity contribution < 1.29 is 37.3 Å². The van der Waals surface area contributed by atoms with Crippen LogP contribution in [0.1, 0.15) is 36.5 Å². The van der Waals surface area contributed by atoms with Gasteiger partial charge in [-0.05, 0) is 55.7 Å². The Balaban J connectivity index is 1.61. The van der Waals surface area contributed by atoms with Crippen LogP contribution in [-0.4, -0.2) is 28.8 Å². The third-order valence-electron chi connectivity index (χ3n) is 5.14. The Morgan fingerprint density at radius 3 is 2.49 bits per heavy atom. The van der Waals surface area contributed by atoms with Crippen LogP contribution in [0.5, 0.6) is 23.1 Å². The number of hydrogen-bond donors (Lipinski definition) is 1. The molecule has 0 radical (unpaired) electrons. The molecular weight excluding hydrogens is 463 g/mol. The molecule has 3 rings (SSSR count). The summed E-state index contributed by atoms with van der Waals surface area (Å²) in [6, 6.07) is 14.7. The van der Waals surface area contributed by atoms with E-state index in [9.17, 15) is 18.0 Å². The number of ether oxygens (including phenoxy) is 3. The second kappa shape index (κ2) is 11.6. The SMILES string of the molecule is Cc1cc(OCC[C@H](C)Oc2ncc(C(F)(F)F)cc2Oc2ccccc2)ccc1CCC(=O)O. The normalized spacial score (nSPS) is 12.1. The molecule has 186 valence electrons. The van der Waals surface area contributed by atoms with Gasteiger partial charge >= 0.3 is 12.1 Å². The van der Waals surface area contributed by atoms with Gasteiger partial charge in [-0.15, -0.1) is 0 Å². The molecule has 0 amide bonds. The van der Waals surface area contributed by atoms with Gasteiger partial charge in [0, 0.05) is 25.1 Å². The van der Waals surface area contributed by atoms with E-state index in [2.05, 4.69) is 4.98 Å². The van der Waals surface area contributed by atoms with E-state index < -0.39 is 23.8 Å². The fourth-order valence-electron chi connectivity index (χ4n) is 3.24. The average molecular weight is 489 g/mol. The van der Waals surface area contributed by atoms with Crippen LogP contribution >= 0.6 is 0 Å². The first-order chi connectivity index (χ1) is 16.6. The van der Waals surface area contributed by atoms with Crippen molar-refractivity contribution in [3.63, 3.8) is 0 Å². The Morgan fingerprint density at radius 1 is 1.09 bits per heavy atom. The summed E-state index contributed by atoms with van der Waals surface area (Å²) in [6.07, 6.45) is -3.34. The maximum absolute atomic E-state index is 13.2.